The molecule has 2 aromatic rings. The zero-order chi connectivity index (χ0) is 17.6. The van der Waals surface area contributed by atoms with E-state index in [4.69, 9.17) is 0 Å². The van der Waals surface area contributed by atoms with Crippen LogP contribution in [0.1, 0.15) is 31.4 Å². The topological polar surface area (TPSA) is 74.3 Å². The van der Waals surface area contributed by atoms with Crippen molar-refractivity contribution < 1.29 is 9.59 Å². The van der Waals surface area contributed by atoms with Crippen molar-refractivity contribution >= 4 is 17.6 Å². The predicted octanol–water partition coefficient (Wildman–Crippen LogP) is 2.96. The second kappa shape index (κ2) is 7.79. The molecule has 0 saturated carbocycles. The molecule has 1 aliphatic heterocycles. The quantitative estimate of drug-likeness (QED) is 0.900. The average molecular weight is 338 g/mol. The minimum atomic E-state index is -0.437. The van der Waals surface area contributed by atoms with Gasteiger partial charge in [0.2, 0.25) is 5.91 Å². The monoisotopic (exact) mass is 338 g/mol. The maximum absolute atomic E-state index is 12.6. The van der Waals surface area contributed by atoms with Gasteiger partial charge < -0.3 is 15.5 Å². The summed E-state index contributed by atoms with van der Waals surface area (Å²) < 4.78 is 0. The maximum atomic E-state index is 12.6. The normalized spacial score (nSPS) is 17.8. The Bertz CT molecular complexity index is 721. The molecule has 2 N–H and O–H groups in total. The van der Waals surface area contributed by atoms with Gasteiger partial charge in [-0.25, -0.2) is 4.79 Å². The lowest BCUT2D eigenvalue weighted by molar-refractivity contribution is -0.125. The van der Waals surface area contributed by atoms with Crippen LogP contribution >= 0.6 is 0 Å². The van der Waals surface area contributed by atoms with E-state index in [1.807, 2.05) is 49.4 Å². The fourth-order valence-electron chi connectivity index (χ4n) is 3.04. The van der Waals surface area contributed by atoms with E-state index in [2.05, 4.69) is 15.6 Å². The molecule has 1 saturated heterocycles. The molecule has 3 amide bonds. The number of anilines is 1. The first kappa shape index (κ1) is 17.0. The number of benzene rings is 1. The van der Waals surface area contributed by atoms with E-state index in [0.717, 1.165) is 17.7 Å². The Morgan fingerprint density at radius 1 is 1.16 bits per heavy atom. The fourth-order valence-corrected chi connectivity index (χ4v) is 3.04. The van der Waals surface area contributed by atoms with E-state index in [0.29, 0.717) is 13.0 Å². The van der Waals surface area contributed by atoms with Crippen LogP contribution in [0.5, 0.6) is 0 Å². The Morgan fingerprint density at radius 2 is 1.88 bits per heavy atom. The molecule has 6 nitrogen and oxygen atoms in total. The summed E-state index contributed by atoms with van der Waals surface area (Å²) in [6.45, 7) is 2.51. The highest BCUT2D eigenvalue weighted by molar-refractivity contribution is 5.94. The molecule has 25 heavy (non-hydrogen) atoms. The van der Waals surface area contributed by atoms with Crippen LogP contribution in [0.4, 0.5) is 10.5 Å². The van der Waals surface area contributed by atoms with E-state index >= 15 is 0 Å². The summed E-state index contributed by atoms with van der Waals surface area (Å²) in [5.41, 5.74) is 1.71. The Labute approximate surface area is 147 Å². The third-order valence-electron chi connectivity index (χ3n) is 4.41. The van der Waals surface area contributed by atoms with Crippen LogP contribution in [0, 0.1) is 0 Å². The van der Waals surface area contributed by atoms with Crippen LogP contribution in [0.25, 0.3) is 0 Å². The van der Waals surface area contributed by atoms with Crippen molar-refractivity contribution in [3.05, 3.63) is 60.4 Å². The summed E-state index contributed by atoms with van der Waals surface area (Å²) >= 11 is 0. The summed E-state index contributed by atoms with van der Waals surface area (Å²) in [5.74, 6) is -0.120. The van der Waals surface area contributed by atoms with Crippen LogP contribution in [-0.2, 0) is 4.79 Å². The second-order valence-electron chi connectivity index (χ2n) is 6.16. The standard InChI is InChI=1S/C19H22N4O2/c1-14(15-9-11-20-12-10-15)21-18(24)17-8-5-13-23(17)19(25)22-16-6-3-2-4-7-16/h2-4,6-7,9-12,14,17H,5,8,13H2,1H3,(H,21,24)(H,22,25)/t14-,17+/m0/s1. The molecule has 130 valence electrons. The Hall–Kier alpha value is -2.89. The number of likely N-dealkylation sites (tertiary alicyclic amines) is 1. The number of carbonyl (C=O) groups is 2. The number of hydrogen-bond acceptors (Lipinski definition) is 3. The second-order valence-corrected chi connectivity index (χ2v) is 6.16. The van der Waals surface area contributed by atoms with Gasteiger partial charge in [-0.05, 0) is 49.6 Å². The number of carbonyl (C=O) groups excluding carboxylic acids is 2. The number of amides is 3. The zero-order valence-electron chi connectivity index (χ0n) is 14.2. The van der Waals surface area contributed by atoms with Gasteiger partial charge in [0, 0.05) is 24.6 Å². The highest BCUT2D eigenvalue weighted by atomic mass is 16.2. The van der Waals surface area contributed by atoms with Crippen molar-refractivity contribution in [2.24, 2.45) is 0 Å². The van der Waals surface area contributed by atoms with Crippen LogP contribution in [0.2, 0.25) is 0 Å². The summed E-state index contributed by atoms with van der Waals surface area (Å²) in [7, 11) is 0. The molecule has 0 unspecified atom stereocenters. The number of aromatic nitrogens is 1. The number of pyridine rings is 1. The summed E-state index contributed by atoms with van der Waals surface area (Å²) in [6.07, 6.45) is 4.90. The van der Waals surface area contributed by atoms with Gasteiger partial charge in [0.1, 0.15) is 6.04 Å². The fraction of sp³-hybridized carbons (Fsp3) is 0.316. The average Bonchev–Trinajstić information content (AvgIpc) is 3.13. The smallest absolute Gasteiger partial charge is 0.322 e. The van der Waals surface area contributed by atoms with Crippen LogP contribution in [0.3, 0.4) is 0 Å². The molecular weight excluding hydrogens is 316 g/mol. The third kappa shape index (κ3) is 4.15. The molecule has 0 bridgehead atoms. The molecule has 3 rings (SSSR count). The van der Waals surface area contributed by atoms with Crippen molar-refractivity contribution in [2.45, 2.75) is 31.8 Å². The molecule has 2 heterocycles. The Balaban J connectivity index is 1.62. The maximum Gasteiger partial charge on any atom is 0.322 e. The van der Waals surface area contributed by atoms with Gasteiger partial charge in [-0.2, -0.15) is 0 Å². The van der Waals surface area contributed by atoms with Crippen molar-refractivity contribution in [1.82, 2.24) is 15.2 Å². The van der Waals surface area contributed by atoms with Gasteiger partial charge in [0.05, 0.1) is 6.04 Å². The van der Waals surface area contributed by atoms with Gasteiger partial charge in [-0.1, -0.05) is 18.2 Å². The molecule has 2 atom stereocenters. The first-order valence-electron chi connectivity index (χ1n) is 8.48. The molecule has 1 aliphatic rings. The first-order valence-corrected chi connectivity index (χ1v) is 8.48. The van der Waals surface area contributed by atoms with Crippen molar-refractivity contribution in [1.29, 1.82) is 0 Å². The minimum absolute atomic E-state index is 0.120. The first-order chi connectivity index (χ1) is 12.1. The number of para-hydroxylation sites is 1. The Kier molecular flexibility index (Phi) is 5.28. The van der Waals surface area contributed by atoms with Gasteiger partial charge in [-0.15, -0.1) is 0 Å². The largest absolute Gasteiger partial charge is 0.348 e. The molecule has 0 radical (unpaired) electrons. The Morgan fingerprint density at radius 3 is 2.60 bits per heavy atom. The van der Waals surface area contributed by atoms with Crippen LogP contribution in [0.15, 0.2) is 54.9 Å². The van der Waals surface area contributed by atoms with Crippen LogP contribution < -0.4 is 10.6 Å². The molecule has 0 spiro atoms. The van der Waals surface area contributed by atoms with Crippen LogP contribution in [-0.4, -0.2) is 34.4 Å². The van der Waals surface area contributed by atoms with Crippen molar-refractivity contribution in [2.75, 3.05) is 11.9 Å². The number of hydrogen-bond donors (Lipinski definition) is 2. The van der Waals surface area contributed by atoms with Crippen molar-refractivity contribution in [3.63, 3.8) is 0 Å². The van der Waals surface area contributed by atoms with E-state index in [1.165, 1.54) is 0 Å². The van der Waals surface area contributed by atoms with Gasteiger partial charge >= 0.3 is 6.03 Å². The van der Waals surface area contributed by atoms with Gasteiger partial charge in [0.15, 0.2) is 0 Å². The summed E-state index contributed by atoms with van der Waals surface area (Å²) in [6, 6.07) is 12.2. The molecule has 6 heteroatoms. The number of nitrogens with zero attached hydrogens (tertiary/aromatic N) is 2. The minimum Gasteiger partial charge on any atom is -0.348 e. The SMILES string of the molecule is C[C@H](NC(=O)[C@H]1CCCN1C(=O)Nc1ccccc1)c1ccncc1. The number of urea groups is 1. The predicted molar refractivity (Wildman–Crippen MR) is 96.0 cm³/mol. The highest BCUT2D eigenvalue weighted by Crippen LogP contribution is 2.20. The zero-order valence-corrected chi connectivity index (χ0v) is 14.2. The lowest BCUT2D eigenvalue weighted by Crippen LogP contribution is -2.47. The molecule has 1 aromatic carbocycles. The van der Waals surface area contributed by atoms with Crippen molar-refractivity contribution in [3.8, 4) is 0 Å². The third-order valence-corrected chi connectivity index (χ3v) is 4.41. The van der Waals surface area contributed by atoms with E-state index in [1.54, 1.807) is 17.3 Å². The molecule has 1 aromatic heterocycles. The molecule has 1 fully saturated rings. The number of nitrogens with one attached hydrogen (secondary N) is 2. The van der Waals surface area contributed by atoms with E-state index < -0.39 is 6.04 Å². The number of rotatable bonds is 4. The van der Waals surface area contributed by atoms with E-state index in [-0.39, 0.29) is 18.0 Å². The van der Waals surface area contributed by atoms with Gasteiger partial charge in [0.25, 0.3) is 0 Å². The summed E-state index contributed by atoms with van der Waals surface area (Å²) in [4.78, 5) is 30.8. The van der Waals surface area contributed by atoms with E-state index in [9.17, 15) is 9.59 Å². The lowest BCUT2D eigenvalue weighted by atomic mass is 10.1. The molecular formula is C19H22N4O2. The molecule has 0 aliphatic carbocycles. The highest BCUT2D eigenvalue weighted by Gasteiger charge is 2.34. The summed E-state index contributed by atoms with van der Waals surface area (Å²) in [5, 5.41) is 5.85. The lowest BCUT2D eigenvalue weighted by Gasteiger charge is -2.26. The van der Waals surface area contributed by atoms with Gasteiger partial charge in [-0.3, -0.25) is 9.78 Å².